The maximum absolute atomic E-state index is 12.4. The number of carbonyl (C=O) groups is 1. The molecule has 1 aliphatic heterocycles. The molecule has 1 amide bonds. The van der Waals surface area contributed by atoms with E-state index >= 15 is 0 Å². The highest BCUT2D eigenvalue weighted by Crippen LogP contribution is 2.31. The van der Waals surface area contributed by atoms with Gasteiger partial charge in [-0.3, -0.25) is 20.1 Å². The van der Waals surface area contributed by atoms with Gasteiger partial charge in [0, 0.05) is 49.0 Å². The summed E-state index contributed by atoms with van der Waals surface area (Å²) in [6.07, 6.45) is 9.21. The predicted octanol–water partition coefficient (Wildman–Crippen LogP) is 6.15. The Hall–Kier alpha value is -4.76. The van der Waals surface area contributed by atoms with Crippen molar-refractivity contribution in [2.45, 2.75) is 40.2 Å². The number of guanidine groups is 2. The average Bonchev–Trinajstić information content (AvgIpc) is 3.01. The SMILES string of the molecule is C=C/C(=C1/NC(=NCCCC)NC(=NCc2ccccc2-c2nccc3cc(NC(=O)/C=C/CN(C)C)ccc23)N1C)C(C)C. The number of likely N-dealkylation sites (N-methyl/N-ethyl adjacent to an activating group) is 1. The minimum absolute atomic E-state index is 0.156. The van der Waals surface area contributed by atoms with Crippen molar-refractivity contribution in [1.29, 1.82) is 0 Å². The minimum atomic E-state index is -0.156. The second-order valence-electron chi connectivity index (χ2n) is 11.6. The van der Waals surface area contributed by atoms with Crippen LogP contribution in [-0.4, -0.2) is 66.8 Å². The molecule has 2 aromatic carbocycles. The van der Waals surface area contributed by atoms with Gasteiger partial charge < -0.3 is 20.4 Å². The van der Waals surface area contributed by atoms with Gasteiger partial charge in [0.15, 0.2) is 0 Å². The van der Waals surface area contributed by atoms with Crippen LogP contribution in [0.1, 0.15) is 39.2 Å². The molecule has 2 heterocycles. The van der Waals surface area contributed by atoms with E-state index < -0.39 is 0 Å². The zero-order valence-electron chi connectivity index (χ0n) is 27.4. The molecule has 0 saturated carbocycles. The van der Waals surface area contributed by atoms with E-state index in [4.69, 9.17) is 15.0 Å². The highest BCUT2D eigenvalue weighted by molar-refractivity contribution is 6.04. The molecule has 9 nitrogen and oxygen atoms in total. The third kappa shape index (κ3) is 8.67. The molecule has 3 N–H and O–H groups in total. The first-order chi connectivity index (χ1) is 21.7. The molecular weight excluding hydrogens is 560 g/mol. The van der Waals surface area contributed by atoms with Crippen molar-refractivity contribution in [2.24, 2.45) is 15.9 Å². The average molecular weight is 607 g/mol. The lowest BCUT2D eigenvalue weighted by Gasteiger charge is -2.34. The molecule has 236 valence electrons. The lowest BCUT2D eigenvalue weighted by molar-refractivity contribution is -0.111. The van der Waals surface area contributed by atoms with Gasteiger partial charge in [0.25, 0.3) is 0 Å². The largest absolute Gasteiger partial charge is 0.323 e. The zero-order chi connectivity index (χ0) is 32.3. The van der Waals surface area contributed by atoms with Gasteiger partial charge in [-0.1, -0.05) is 76.3 Å². The van der Waals surface area contributed by atoms with Crippen LogP contribution in [0.4, 0.5) is 5.69 Å². The van der Waals surface area contributed by atoms with Crippen LogP contribution in [-0.2, 0) is 11.3 Å². The number of amides is 1. The van der Waals surface area contributed by atoms with Crippen molar-refractivity contribution in [3.05, 3.63) is 96.5 Å². The number of aliphatic imine (C=N–C) groups is 2. The first-order valence-corrected chi connectivity index (χ1v) is 15.5. The van der Waals surface area contributed by atoms with E-state index in [-0.39, 0.29) is 11.8 Å². The highest BCUT2D eigenvalue weighted by Gasteiger charge is 2.24. The van der Waals surface area contributed by atoms with Gasteiger partial charge in [-0.15, -0.1) is 0 Å². The summed E-state index contributed by atoms with van der Waals surface area (Å²) in [7, 11) is 5.92. The Kier molecular flexibility index (Phi) is 11.6. The monoisotopic (exact) mass is 606 g/mol. The quantitative estimate of drug-likeness (QED) is 0.169. The van der Waals surface area contributed by atoms with Crippen LogP contribution < -0.4 is 16.0 Å². The van der Waals surface area contributed by atoms with Crippen LogP contribution in [0.25, 0.3) is 22.0 Å². The van der Waals surface area contributed by atoms with E-state index in [0.29, 0.717) is 25.0 Å². The zero-order valence-corrected chi connectivity index (χ0v) is 27.4. The number of rotatable bonds is 12. The Morgan fingerprint density at radius 2 is 1.93 bits per heavy atom. The summed E-state index contributed by atoms with van der Waals surface area (Å²) in [5.74, 6) is 2.44. The second kappa shape index (κ2) is 15.8. The smallest absolute Gasteiger partial charge is 0.248 e. The summed E-state index contributed by atoms with van der Waals surface area (Å²) in [5.41, 5.74) is 4.75. The topological polar surface area (TPSA) is 97.2 Å². The first-order valence-electron chi connectivity index (χ1n) is 15.5. The third-order valence-electron chi connectivity index (χ3n) is 7.46. The van der Waals surface area contributed by atoms with Crippen LogP contribution in [0, 0.1) is 5.92 Å². The summed E-state index contributed by atoms with van der Waals surface area (Å²) in [6.45, 7) is 12.4. The summed E-state index contributed by atoms with van der Waals surface area (Å²) in [4.78, 5) is 31.0. The normalized spacial score (nSPS) is 16.5. The van der Waals surface area contributed by atoms with Gasteiger partial charge in [0.05, 0.1) is 12.2 Å². The highest BCUT2D eigenvalue weighted by atomic mass is 16.1. The minimum Gasteiger partial charge on any atom is -0.323 e. The van der Waals surface area contributed by atoms with E-state index in [2.05, 4.69) is 55.4 Å². The number of allylic oxidation sites excluding steroid dienone is 2. The molecule has 3 aromatic rings. The van der Waals surface area contributed by atoms with Gasteiger partial charge >= 0.3 is 0 Å². The van der Waals surface area contributed by atoms with Gasteiger partial charge in [0.1, 0.15) is 5.82 Å². The van der Waals surface area contributed by atoms with E-state index in [1.54, 1.807) is 6.08 Å². The fourth-order valence-corrected chi connectivity index (χ4v) is 5.04. The molecule has 1 fully saturated rings. The van der Waals surface area contributed by atoms with Crippen LogP contribution in [0.5, 0.6) is 0 Å². The second-order valence-corrected chi connectivity index (χ2v) is 11.6. The lowest BCUT2D eigenvalue weighted by Crippen LogP contribution is -2.56. The van der Waals surface area contributed by atoms with Gasteiger partial charge in [-0.25, -0.2) is 4.99 Å². The molecule has 0 radical (unpaired) electrons. The molecule has 0 spiro atoms. The van der Waals surface area contributed by atoms with Crippen molar-refractivity contribution in [2.75, 3.05) is 39.5 Å². The fraction of sp³-hybridized carbons (Fsp3) is 0.333. The van der Waals surface area contributed by atoms with E-state index in [9.17, 15) is 4.79 Å². The van der Waals surface area contributed by atoms with Gasteiger partial charge in [0.2, 0.25) is 17.8 Å². The standard InChI is InChI=1S/C36H46N8O/c1-8-10-20-38-35-41-34(29(9-2)25(3)4)44(7)36(42-35)39-24-27-14-11-12-15-30(27)33-31-18-17-28(23-26(31)19-21-37-33)40-32(45)16-13-22-43(5)6/h9,11-19,21,23,25H,2,8,10,20,22,24H2,1,3-7H3,(H,40,45)(H2,38,39,41,42)/b16-13+,34-29+. The number of nitrogens with zero attached hydrogens (tertiary/aromatic N) is 5. The van der Waals surface area contributed by atoms with Crippen LogP contribution in [0.2, 0.25) is 0 Å². The maximum Gasteiger partial charge on any atom is 0.248 e. The summed E-state index contributed by atoms with van der Waals surface area (Å²) >= 11 is 0. The Morgan fingerprint density at radius 1 is 1.13 bits per heavy atom. The molecule has 4 rings (SSSR count). The molecule has 9 heteroatoms. The Labute approximate surface area is 267 Å². The van der Waals surface area contributed by atoms with Crippen molar-refractivity contribution in [3.63, 3.8) is 0 Å². The van der Waals surface area contributed by atoms with Crippen LogP contribution >= 0.6 is 0 Å². The molecule has 0 unspecified atom stereocenters. The van der Waals surface area contributed by atoms with Crippen molar-refractivity contribution >= 4 is 34.3 Å². The third-order valence-corrected chi connectivity index (χ3v) is 7.46. The lowest BCUT2D eigenvalue weighted by atomic mass is 9.99. The van der Waals surface area contributed by atoms with Crippen molar-refractivity contribution < 1.29 is 4.79 Å². The number of pyridine rings is 1. The molecule has 0 bridgehead atoms. The molecule has 45 heavy (non-hydrogen) atoms. The Morgan fingerprint density at radius 3 is 2.67 bits per heavy atom. The van der Waals surface area contributed by atoms with Crippen LogP contribution in [0.3, 0.4) is 0 Å². The van der Waals surface area contributed by atoms with Crippen molar-refractivity contribution in [1.82, 2.24) is 25.4 Å². The fourth-order valence-electron chi connectivity index (χ4n) is 5.04. The van der Waals surface area contributed by atoms with Crippen molar-refractivity contribution in [3.8, 4) is 11.3 Å². The Bertz CT molecular complexity index is 1630. The molecular formula is C36H46N8O. The summed E-state index contributed by atoms with van der Waals surface area (Å²) < 4.78 is 0. The Balaban J connectivity index is 1.64. The van der Waals surface area contributed by atoms with Gasteiger partial charge in [-0.2, -0.15) is 0 Å². The predicted molar refractivity (Wildman–Crippen MR) is 188 cm³/mol. The molecule has 0 aliphatic carbocycles. The summed E-state index contributed by atoms with van der Waals surface area (Å²) in [5, 5.41) is 11.8. The number of hydrogen-bond acceptors (Lipinski definition) is 5. The number of fused-ring (bicyclic) bond motifs is 1. The number of unbranched alkanes of at least 4 members (excludes halogenated alkanes) is 1. The maximum atomic E-state index is 12.4. The number of nitrogens with one attached hydrogen (secondary N) is 3. The number of benzene rings is 2. The number of anilines is 1. The van der Waals surface area contributed by atoms with Gasteiger partial charge in [-0.05, 0) is 61.2 Å². The molecule has 1 aromatic heterocycles. The number of carbonyl (C=O) groups excluding carboxylic acids is 1. The molecule has 1 aliphatic rings. The van der Waals surface area contributed by atoms with E-state index in [0.717, 1.165) is 64.1 Å². The van der Waals surface area contributed by atoms with E-state index in [1.807, 2.05) is 85.7 Å². The van der Waals surface area contributed by atoms with E-state index in [1.165, 1.54) is 0 Å². The van der Waals surface area contributed by atoms with Crippen LogP contribution in [0.15, 0.2) is 101 Å². The number of hydrogen-bond donors (Lipinski definition) is 3. The molecule has 0 atom stereocenters. The summed E-state index contributed by atoms with van der Waals surface area (Å²) in [6, 6.07) is 16.1. The number of aromatic nitrogens is 1. The first kappa shape index (κ1) is 33.1. The molecule has 1 saturated heterocycles.